The number of fused-ring (bicyclic) bond motifs is 1. The Labute approximate surface area is 145 Å². The minimum Gasteiger partial charge on any atom is -0.390 e. The third-order valence-electron chi connectivity index (χ3n) is 5.38. The first-order chi connectivity index (χ1) is 11.6. The van der Waals surface area contributed by atoms with Crippen LogP contribution in [-0.2, 0) is 0 Å². The smallest absolute Gasteiger partial charge is 0.253 e. The molecule has 24 heavy (non-hydrogen) atoms. The van der Waals surface area contributed by atoms with Gasteiger partial charge in [-0.3, -0.25) is 4.79 Å². The highest BCUT2D eigenvalue weighted by molar-refractivity contribution is 7.08. The predicted molar refractivity (Wildman–Crippen MR) is 93.9 cm³/mol. The van der Waals surface area contributed by atoms with Crippen LogP contribution in [-0.4, -0.2) is 46.3 Å². The number of thiophene rings is 1. The maximum Gasteiger partial charge on any atom is 0.253 e. The molecule has 5 heteroatoms. The molecule has 4 nitrogen and oxygen atoms in total. The Balaban J connectivity index is 1.46. The first-order valence-corrected chi connectivity index (χ1v) is 9.34. The summed E-state index contributed by atoms with van der Waals surface area (Å²) in [5, 5.41) is 23.8. The van der Waals surface area contributed by atoms with Crippen LogP contribution in [0.1, 0.15) is 23.2 Å². The Morgan fingerprint density at radius 3 is 2.12 bits per heavy atom. The molecule has 0 bridgehead atoms. The second kappa shape index (κ2) is 6.31. The van der Waals surface area contributed by atoms with E-state index in [4.69, 9.17) is 0 Å². The zero-order valence-electron chi connectivity index (χ0n) is 13.3. The minimum absolute atomic E-state index is 0.0465. The lowest BCUT2D eigenvalue weighted by Gasteiger charge is -2.31. The summed E-state index contributed by atoms with van der Waals surface area (Å²) in [6.07, 6.45) is -0.114. The summed E-state index contributed by atoms with van der Waals surface area (Å²) in [7, 11) is 0. The third kappa shape index (κ3) is 2.88. The van der Waals surface area contributed by atoms with E-state index >= 15 is 0 Å². The van der Waals surface area contributed by atoms with Crippen molar-refractivity contribution >= 4 is 17.2 Å². The van der Waals surface area contributed by atoms with Gasteiger partial charge in [-0.2, -0.15) is 11.3 Å². The first kappa shape index (κ1) is 15.8. The summed E-state index contributed by atoms with van der Waals surface area (Å²) in [6.45, 7) is 1.36. The molecule has 0 spiro atoms. The molecule has 4 atom stereocenters. The lowest BCUT2D eigenvalue weighted by molar-refractivity contribution is -0.0372. The van der Waals surface area contributed by atoms with E-state index in [9.17, 15) is 15.0 Å². The van der Waals surface area contributed by atoms with Crippen molar-refractivity contribution in [2.24, 2.45) is 11.8 Å². The van der Waals surface area contributed by atoms with Gasteiger partial charge in [-0.1, -0.05) is 12.1 Å². The topological polar surface area (TPSA) is 60.8 Å². The lowest BCUT2D eigenvalue weighted by Crippen LogP contribution is -2.38. The van der Waals surface area contributed by atoms with Crippen LogP contribution in [0.5, 0.6) is 0 Å². The molecule has 126 valence electrons. The van der Waals surface area contributed by atoms with E-state index in [1.807, 2.05) is 34.5 Å². The van der Waals surface area contributed by atoms with Crippen LogP contribution in [0, 0.1) is 11.8 Å². The summed E-state index contributed by atoms with van der Waals surface area (Å²) in [4.78, 5) is 14.6. The molecular weight excluding hydrogens is 322 g/mol. The number of benzene rings is 1. The van der Waals surface area contributed by atoms with Crippen LogP contribution in [0.15, 0.2) is 41.1 Å². The van der Waals surface area contributed by atoms with Crippen molar-refractivity contribution in [1.82, 2.24) is 4.90 Å². The van der Waals surface area contributed by atoms with E-state index in [1.54, 1.807) is 11.3 Å². The Hall–Kier alpha value is -1.69. The fourth-order valence-corrected chi connectivity index (χ4v) is 4.65. The second-order valence-corrected chi connectivity index (χ2v) is 7.71. The van der Waals surface area contributed by atoms with Crippen molar-refractivity contribution in [3.05, 3.63) is 46.7 Å². The summed E-state index contributed by atoms with van der Waals surface area (Å²) < 4.78 is 0. The number of likely N-dealkylation sites (tertiary alicyclic amines) is 1. The Bertz CT molecular complexity index is 695. The summed E-state index contributed by atoms with van der Waals surface area (Å²) in [5.74, 6) is 0.653. The van der Waals surface area contributed by atoms with Crippen molar-refractivity contribution in [1.29, 1.82) is 0 Å². The van der Waals surface area contributed by atoms with E-state index in [-0.39, 0.29) is 5.91 Å². The molecule has 1 aliphatic carbocycles. The molecule has 1 saturated carbocycles. The van der Waals surface area contributed by atoms with Gasteiger partial charge in [0.2, 0.25) is 0 Å². The average Bonchev–Trinajstić information content (AvgIpc) is 3.24. The largest absolute Gasteiger partial charge is 0.390 e. The van der Waals surface area contributed by atoms with E-state index in [0.717, 1.165) is 5.56 Å². The summed E-state index contributed by atoms with van der Waals surface area (Å²) in [6, 6.07) is 9.84. The molecule has 0 radical (unpaired) electrons. The number of aliphatic hydroxyl groups is 2. The van der Waals surface area contributed by atoms with Gasteiger partial charge in [-0.05, 0) is 64.8 Å². The van der Waals surface area contributed by atoms with Gasteiger partial charge >= 0.3 is 0 Å². The number of amides is 1. The number of hydrogen-bond acceptors (Lipinski definition) is 4. The number of hydrogen-bond donors (Lipinski definition) is 2. The van der Waals surface area contributed by atoms with Crippen LogP contribution >= 0.6 is 11.3 Å². The van der Waals surface area contributed by atoms with Crippen molar-refractivity contribution in [3.8, 4) is 11.1 Å². The number of carbonyl (C=O) groups is 1. The molecule has 2 aromatic rings. The lowest BCUT2D eigenvalue weighted by atomic mass is 9.79. The van der Waals surface area contributed by atoms with Crippen LogP contribution < -0.4 is 0 Å². The normalized spacial score (nSPS) is 29.5. The maximum atomic E-state index is 12.8. The van der Waals surface area contributed by atoms with Gasteiger partial charge in [0.25, 0.3) is 5.91 Å². The molecule has 2 fully saturated rings. The number of nitrogens with zero attached hydrogens (tertiary/aromatic N) is 1. The van der Waals surface area contributed by atoms with E-state index < -0.39 is 12.2 Å². The van der Waals surface area contributed by atoms with Gasteiger partial charge in [0.05, 0.1) is 12.2 Å². The fraction of sp³-hybridized carbons (Fsp3) is 0.421. The SMILES string of the molecule is O=C(c1ccc(-c2ccsc2)cc1)N1C[C@H]2C[C@H](O)[C@H](O)C[C@H]2C1. The zero-order chi connectivity index (χ0) is 16.7. The van der Waals surface area contributed by atoms with Crippen LogP contribution in [0.4, 0.5) is 0 Å². The van der Waals surface area contributed by atoms with Gasteiger partial charge in [0.1, 0.15) is 0 Å². The summed E-state index contributed by atoms with van der Waals surface area (Å²) >= 11 is 1.66. The van der Waals surface area contributed by atoms with Crippen molar-refractivity contribution in [2.75, 3.05) is 13.1 Å². The molecule has 2 heterocycles. The molecule has 1 aromatic carbocycles. The zero-order valence-corrected chi connectivity index (χ0v) is 14.2. The molecule has 0 unspecified atom stereocenters. The van der Waals surface area contributed by atoms with E-state index in [1.165, 1.54) is 5.56 Å². The highest BCUT2D eigenvalue weighted by atomic mass is 32.1. The average molecular weight is 343 g/mol. The molecule has 1 amide bonds. The van der Waals surface area contributed by atoms with Crippen LogP contribution in [0.2, 0.25) is 0 Å². The quantitative estimate of drug-likeness (QED) is 0.881. The Morgan fingerprint density at radius 1 is 0.958 bits per heavy atom. The molecule has 2 aliphatic rings. The highest BCUT2D eigenvalue weighted by Crippen LogP contribution is 2.37. The van der Waals surface area contributed by atoms with Crippen molar-refractivity contribution < 1.29 is 15.0 Å². The second-order valence-electron chi connectivity index (χ2n) is 6.93. The monoisotopic (exact) mass is 343 g/mol. The number of aliphatic hydroxyl groups excluding tert-OH is 2. The minimum atomic E-state index is -0.647. The van der Waals surface area contributed by atoms with Crippen molar-refractivity contribution in [2.45, 2.75) is 25.0 Å². The van der Waals surface area contributed by atoms with E-state index in [2.05, 4.69) is 11.4 Å². The predicted octanol–water partition coefficient (Wildman–Crippen LogP) is 2.62. The molecule has 2 N–H and O–H groups in total. The first-order valence-electron chi connectivity index (χ1n) is 8.40. The number of carbonyl (C=O) groups excluding carboxylic acids is 1. The van der Waals surface area contributed by atoms with Gasteiger partial charge in [0, 0.05) is 18.7 Å². The van der Waals surface area contributed by atoms with E-state index in [0.29, 0.717) is 43.3 Å². The van der Waals surface area contributed by atoms with Crippen LogP contribution in [0.25, 0.3) is 11.1 Å². The van der Waals surface area contributed by atoms with Crippen molar-refractivity contribution in [3.63, 3.8) is 0 Å². The standard InChI is InChI=1S/C19H21NO3S/c21-17-7-15-9-20(10-16(15)8-18(17)22)19(23)13-3-1-12(2-4-13)14-5-6-24-11-14/h1-6,11,15-18,21-22H,7-10H2/t15-,16+,17+,18-. The molecule has 1 saturated heterocycles. The van der Waals surface area contributed by atoms with Gasteiger partial charge in [-0.25, -0.2) is 0 Å². The van der Waals surface area contributed by atoms with Gasteiger partial charge < -0.3 is 15.1 Å². The molecule has 4 rings (SSSR count). The number of rotatable bonds is 2. The maximum absolute atomic E-state index is 12.8. The fourth-order valence-electron chi connectivity index (χ4n) is 3.99. The van der Waals surface area contributed by atoms with Gasteiger partial charge in [-0.15, -0.1) is 0 Å². The highest BCUT2D eigenvalue weighted by Gasteiger charge is 2.42. The molecular formula is C19H21NO3S. The molecule has 1 aliphatic heterocycles. The third-order valence-corrected chi connectivity index (χ3v) is 6.07. The van der Waals surface area contributed by atoms with Crippen LogP contribution in [0.3, 0.4) is 0 Å². The molecule has 1 aromatic heterocycles. The summed E-state index contributed by atoms with van der Waals surface area (Å²) in [5.41, 5.74) is 3.00. The van der Waals surface area contributed by atoms with Gasteiger partial charge in [0.15, 0.2) is 0 Å². The Kier molecular flexibility index (Phi) is 4.16. The Morgan fingerprint density at radius 2 is 1.58 bits per heavy atom.